The lowest BCUT2D eigenvalue weighted by molar-refractivity contribution is -0.148. The van der Waals surface area contributed by atoms with E-state index in [1.165, 1.54) is 12.1 Å². The minimum absolute atomic E-state index is 0.0350. The molecule has 0 aromatic heterocycles. The summed E-state index contributed by atoms with van der Waals surface area (Å²) in [6, 6.07) is 15.5. The van der Waals surface area contributed by atoms with E-state index >= 15 is 0 Å². The summed E-state index contributed by atoms with van der Waals surface area (Å²) in [5, 5.41) is 19.5. The normalized spacial score (nSPS) is 22.1. The lowest BCUT2D eigenvalue weighted by atomic mass is 9.87. The Labute approximate surface area is 162 Å². The van der Waals surface area contributed by atoms with Gasteiger partial charge in [-0.3, -0.25) is 4.90 Å². The molecule has 148 valence electrons. The number of aliphatic carboxylic acids is 1. The second kappa shape index (κ2) is 7.61. The predicted octanol–water partition coefficient (Wildman–Crippen LogP) is 1.78. The second-order valence-corrected chi connectivity index (χ2v) is 8.44. The van der Waals surface area contributed by atoms with Gasteiger partial charge in [-0.1, -0.05) is 48.5 Å². The van der Waals surface area contributed by atoms with E-state index in [0.717, 1.165) is 4.90 Å². The van der Waals surface area contributed by atoms with Crippen LogP contribution in [-0.2, 0) is 21.2 Å². The molecule has 3 N–H and O–H groups in total. The molecule has 9 heteroatoms. The number of rotatable bonds is 6. The molecule has 8 nitrogen and oxygen atoms in total. The molecule has 0 aliphatic carbocycles. The minimum atomic E-state index is -3.90. The number of benzene rings is 2. The third kappa shape index (κ3) is 3.85. The molecular formula is C19H20N2O6S. The van der Waals surface area contributed by atoms with Gasteiger partial charge < -0.3 is 10.2 Å². The third-order valence-corrected chi connectivity index (χ3v) is 6.38. The smallest absolute Gasteiger partial charge is 0.408 e. The molecule has 1 aliphatic rings. The number of carbonyl (C=O) groups is 2. The molecule has 0 saturated carbocycles. The van der Waals surface area contributed by atoms with Gasteiger partial charge in [0, 0.05) is 19.0 Å². The van der Waals surface area contributed by atoms with Gasteiger partial charge in [-0.2, -0.15) is 0 Å². The van der Waals surface area contributed by atoms with E-state index in [4.69, 9.17) is 0 Å². The maximum atomic E-state index is 12.6. The average Bonchev–Trinajstić information content (AvgIpc) is 3.02. The van der Waals surface area contributed by atoms with Crippen LogP contribution in [0.5, 0.6) is 0 Å². The van der Waals surface area contributed by atoms with Crippen LogP contribution in [0.2, 0.25) is 0 Å². The van der Waals surface area contributed by atoms with Crippen LogP contribution in [-0.4, -0.2) is 53.7 Å². The lowest BCUT2D eigenvalue weighted by Gasteiger charge is -2.32. The number of likely N-dealkylation sites (tertiary alicyclic amines) is 1. The third-order valence-electron chi connectivity index (χ3n) is 4.85. The van der Waals surface area contributed by atoms with Crippen LogP contribution in [0.3, 0.4) is 0 Å². The van der Waals surface area contributed by atoms with Crippen molar-refractivity contribution in [3.05, 3.63) is 66.2 Å². The van der Waals surface area contributed by atoms with Gasteiger partial charge in [0.05, 0.1) is 4.90 Å². The molecule has 1 saturated heterocycles. The molecule has 1 heterocycles. The number of carboxylic acids is 1. The van der Waals surface area contributed by atoms with Crippen molar-refractivity contribution in [2.24, 2.45) is 0 Å². The Morgan fingerprint density at radius 2 is 1.61 bits per heavy atom. The number of nitrogens with one attached hydrogen (secondary N) is 1. The van der Waals surface area contributed by atoms with E-state index < -0.39 is 33.7 Å². The van der Waals surface area contributed by atoms with Crippen molar-refractivity contribution in [3.8, 4) is 0 Å². The van der Waals surface area contributed by atoms with Crippen LogP contribution in [0, 0.1) is 0 Å². The standard InChI is InChI=1S/C19H20N2O6S/c22-17(23)19(11-14-7-3-1-4-8-14)12-15(13-21(19)18(24)25)20-28(26,27)16-9-5-2-6-10-16/h1-10,15,20H,11-13H2,(H,22,23)(H,24,25). The quantitative estimate of drug-likeness (QED) is 0.674. The Balaban J connectivity index is 1.91. The highest BCUT2D eigenvalue weighted by Crippen LogP contribution is 2.34. The van der Waals surface area contributed by atoms with Crippen LogP contribution < -0.4 is 4.72 Å². The summed E-state index contributed by atoms with van der Waals surface area (Å²) in [7, 11) is -3.90. The highest BCUT2D eigenvalue weighted by atomic mass is 32.2. The Morgan fingerprint density at radius 1 is 1.04 bits per heavy atom. The Bertz CT molecular complexity index is 964. The Kier molecular flexibility index (Phi) is 5.39. The van der Waals surface area contributed by atoms with E-state index in [1.54, 1.807) is 48.5 Å². The van der Waals surface area contributed by atoms with Crippen LogP contribution in [0.25, 0.3) is 0 Å². The molecular weight excluding hydrogens is 384 g/mol. The molecule has 2 aromatic carbocycles. The predicted molar refractivity (Wildman–Crippen MR) is 100 cm³/mol. The SMILES string of the molecule is O=C(O)N1CC(NS(=O)(=O)c2ccccc2)CC1(Cc1ccccc1)C(=O)O. The zero-order valence-electron chi connectivity index (χ0n) is 14.9. The first kappa shape index (κ1) is 19.8. The monoisotopic (exact) mass is 404 g/mol. The summed E-state index contributed by atoms with van der Waals surface area (Å²) < 4.78 is 27.6. The van der Waals surface area contributed by atoms with Crippen LogP contribution >= 0.6 is 0 Å². The van der Waals surface area contributed by atoms with Crippen molar-refractivity contribution in [2.45, 2.75) is 29.3 Å². The van der Waals surface area contributed by atoms with E-state index in [1.807, 2.05) is 0 Å². The summed E-state index contributed by atoms with van der Waals surface area (Å²) in [6.07, 6.45) is -1.63. The van der Waals surface area contributed by atoms with Gasteiger partial charge in [0.15, 0.2) is 0 Å². The Morgan fingerprint density at radius 3 is 2.14 bits per heavy atom. The van der Waals surface area contributed by atoms with Crippen molar-refractivity contribution in [1.29, 1.82) is 0 Å². The van der Waals surface area contributed by atoms with Crippen LogP contribution in [0.4, 0.5) is 4.79 Å². The van der Waals surface area contributed by atoms with Gasteiger partial charge in [-0.15, -0.1) is 0 Å². The maximum Gasteiger partial charge on any atom is 0.408 e. The number of hydrogen-bond acceptors (Lipinski definition) is 4. The first-order chi connectivity index (χ1) is 13.2. The van der Waals surface area contributed by atoms with Crippen molar-refractivity contribution in [1.82, 2.24) is 9.62 Å². The number of nitrogens with zero attached hydrogens (tertiary/aromatic N) is 1. The number of hydrogen-bond donors (Lipinski definition) is 3. The fraction of sp³-hybridized carbons (Fsp3) is 0.263. The Hall–Kier alpha value is -2.91. The van der Waals surface area contributed by atoms with E-state index in [0.29, 0.717) is 5.56 Å². The molecule has 0 radical (unpaired) electrons. The molecule has 1 aliphatic heterocycles. The highest BCUT2D eigenvalue weighted by molar-refractivity contribution is 7.89. The van der Waals surface area contributed by atoms with E-state index in [9.17, 15) is 28.2 Å². The van der Waals surface area contributed by atoms with Gasteiger partial charge in [0.2, 0.25) is 10.0 Å². The molecule has 1 fully saturated rings. The summed E-state index contributed by atoms with van der Waals surface area (Å²) in [6.45, 7) is -0.249. The molecule has 0 spiro atoms. The lowest BCUT2D eigenvalue weighted by Crippen LogP contribution is -2.54. The molecule has 3 rings (SSSR count). The number of carboxylic acid groups (broad SMARTS) is 2. The largest absolute Gasteiger partial charge is 0.479 e. The van der Waals surface area contributed by atoms with E-state index in [-0.39, 0.29) is 24.3 Å². The number of sulfonamides is 1. The minimum Gasteiger partial charge on any atom is -0.479 e. The zero-order chi connectivity index (χ0) is 20.4. The second-order valence-electron chi connectivity index (χ2n) is 6.73. The molecule has 2 unspecified atom stereocenters. The summed E-state index contributed by atoms with van der Waals surface area (Å²) in [4.78, 5) is 24.8. The molecule has 1 amide bonds. The maximum absolute atomic E-state index is 12.6. The fourth-order valence-corrected chi connectivity index (χ4v) is 4.83. The van der Waals surface area contributed by atoms with Gasteiger partial charge in [-0.05, 0) is 24.1 Å². The molecule has 2 atom stereocenters. The highest BCUT2D eigenvalue weighted by Gasteiger charge is 2.54. The number of amides is 1. The van der Waals surface area contributed by atoms with E-state index in [2.05, 4.69) is 4.72 Å². The fourth-order valence-electron chi connectivity index (χ4n) is 3.58. The van der Waals surface area contributed by atoms with Crippen molar-refractivity contribution in [2.75, 3.05) is 6.54 Å². The van der Waals surface area contributed by atoms with Gasteiger partial charge in [0.1, 0.15) is 5.54 Å². The van der Waals surface area contributed by atoms with Gasteiger partial charge >= 0.3 is 12.1 Å². The van der Waals surface area contributed by atoms with Crippen molar-refractivity contribution < 1.29 is 28.2 Å². The first-order valence-corrected chi connectivity index (χ1v) is 10.1. The van der Waals surface area contributed by atoms with Crippen molar-refractivity contribution in [3.63, 3.8) is 0 Å². The summed E-state index contributed by atoms with van der Waals surface area (Å²) >= 11 is 0. The topological polar surface area (TPSA) is 124 Å². The molecule has 0 bridgehead atoms. The average molecular weight is 404 g/mol. The van der Waals surface area contributed by atoms with Gasteiger partial charge in [-0.25, -0.2) is 22.7 Å². The molecule has 2 aromatic rings. The van der Waals surface area contributed by atoms with Crippen LogP contribution in [0.15, 0.2) is 65.6 Å². The van der Waals surface area contributed by atoms with Crippen molar-refractivity contribution >= 4 is 22.1 Å². The molecule has 28 heavy (non-hydrogen) atoms. The first-order valence-electron chi connectivity index (χ1n) is 8.60. The summed E-state index contributed by atoms with van der Waals surface area (Å²) in [5.74, 6) is -1.31. The van der Waals surface area contributed by atoms with Crippen LogP contribution in [0.1, 0.15) is 12.0 Å². The van der Waals surface area contributed by atoms with Gasteiger partial charge in [0.25, 0.3) is 0 Å². The zero-order valence-corrected chi connectivity index (χ0v) is 15.7. The summed E-state index contributed by atoms with van der Waals surface area (Å²) in [5.41, 5.74) is -1.10.